The molecule has 11 nitrogen and oxygen atoms in total. The SMILES string of the molecule is COc1ccnc(C(=O)NC2COCC(Cc3cc(F)c(F)c(F)c3)C(OCC(C)C)C(C)OC2=O)c1OCOC(C)=O. The van der Waals surface area contributed by atoms with Crippen LogP contribution in [0.4, 0.5) is 13.2 Å². The van der Waals surface area contributed by atoms with Crippen LogP contribution in [0.15, 0.2) is 24.4 Å². The van der Waals surface area contributed by atoms with E-state index in [9.17, 15) is 27.6 Å². The predicted octanol–water partition coefficient (Wildman–Crippen LogP) is 3.37. The van der Waals surface area contributed by atoms with Crippen molar-refractivity contribution in [2.24, 2.45) is 11.8 Å². The largest absolute Gasteiger partial charge is 0.493 e. The molecule has 4 unspecified atom stereocenters. The molecule has 0 spiro atoms. The van der Waals surface area contributed by atoms with Crippen LogP contribution in [-0.4, -0.2) is 74.8 Å². The molecule has 2 heterocycles. The third-order valence-electron chi connectivity index (χ3n) is 6.37. The van der Waals surface area contributed by atoms with Gasteiger partial charge in [-0.2, -0.15) is 0 Å². The number of pyridine rings is 1. The number of esters is 2. The maximum atomic E-state index is 13.9. The van der Waals surface area contributed by atoms with Crippen molar-refractivity contribution in [3.63, 3.8) is 0 Å². The summed E-state index contributed by atoms with van der Waals surface area (Å²) in [6.07, 6.45) is -0.329. The second kappa shape index (κ2) is 15.5. The molecule has 1 N–H and O–H groups in total. The zero-order chi connectivity index (χ0) is 31.7. The Balaban J connectivity index is 1.83. The fourth-order valence-electron chi connectivity index (χ4n) is 4.39. The Hall–Kier alpha value is -3.91. The molecule has 1 aromatic heterocycles. The van der Waals surface area contributed by atoms with E-state index in [1.165, 1.54) is 26.3 Å². The average Bonchev–Trinajstić information content (AvgIpc) is 2.99. The number of methoxy groups -OCH3 is 1. The number of rotatable bonds is 11. The lowest BCUT2D eigenvalue weighted by Crippen LogP contribution is -2.46. The van der Waals surface area contributed by atoms with E-state index in [1.807, 2.05) is 13.8 Å². The molecule has 0 bridgehead atoms. The first-order valence-electron chi connectivity index (χ1n) is 13.5. The van der Waals surface area contributed by atoms with E-state index in [1.54, 1.807) is 6.92 Å². The number of ether oxygens (including phenoxy) is 6. The van der Waals surface area contributed by atoms with Crippen LogP contribution in [0.2, 0.25) is 0 Å². The summed E-state index contributed by atoms with van der Waals surface area (Å²) in [4.78, 5) is 41.6. The highest BCUT2D eigenvalue weighted by atomic mass is 19.2. The number of carbonyl (C=O) groups excluding carboxylic acids is 3. The minimum atomic E-state index is -1.58. The molecule has 2 aromatic rings. The maximum absolute atomic E-state index is 13.9. The molecule has 1 saturated heterocycles. The molecule has 1 amide bonds. The van der Waals surface area contributed by atoms with Gasteiger partial charge in [0.1, 0.15) is 6.10 Å². The summed E-state index contributed by atoms with van der Waals surface area (Å²) in [5.74, 6) is -6.98. The Morgan fingerprint density at radius 3 is 2.49 bits per heavy atom. The third-order valence-corrected chi connectivity index (χ3v) is 6.37. The van der Waals surface area contributed by atoms with Crippen LogP contribution < -0.4 is 14.8 Å². The van der Waals surface area contributed by atoms with Gasteiger partial charge in [-0.3, -0.25) is 9.59 Å². The highest BCUT2D eigenvalue weighted by molar-refractivity contribution is 5.98. The number of halogens is 3. The highest BCUT2D eigenvalue weighted by Crippen LogP contribution is 2.30. The number of cyclic esters (lactones) is 1. The van der Waals surface area contributed by atoms with Crippen LogP contribution in [0, 0.1) is 29.3 Å². The lowest BCUT2D eigenvalue weighted by Gasteiger charge is -2.31. The number of amides is 1. The Morgan fingerprint density at radius 1 is 1.16 bits per heavy atom. The molecule has 3 rings (SSSR count). The number of nitrogens with zero attached hydrogens (tertiary/aromatic N) is 1. The Bertz CT molecular complexity index is 1270. The number of benzene rings is 1. The van der Waals surface area contributed by atoms with Crippen LogP contribution in [-0.2, 0) is 35.0 Å². The van der Waals surface area contributed by atoms with Gasteiger partial charge < -0.3 is 33.7 Å². The molecule has 1 aliphatic rings. The minimum Gasteiger partial charge on any atom is -0.493 e. The maximum Gasteiger partial charge on any atom is 0.331 e. The van der Waals surface area contributed by atoms with Crippen molar-refractivity contribution in [2.75, 3.05) is 33.7 Å². The monoisotopic (exact) mass is 612 g/mol. The smallest absolute Gasteiger partial charge is 0.331 e. The fraction of sp³-hybridized carbons (Fsp3) is 0.517. The molecule has 1 aromatic carbocycles. The van der Waals surface area contributed by atoms with Gasteiger partial charge >= 0.3 is 11.9 Å². The van der Waals surface area contributed by atoms with Crippen LogP contribution in [0.25, 0.3) is 0 Å². The Morgan fingerprint density at radius 2 is 1.86 bits per heavy atom. The molecule has 1 aliphatic heterocycles. The van der Waals surface area contributed by atoms with Crippen molar-refractivity contribution >= 4 is 17.8 Å². The molecule has 0 radical (unpaired) electrons. The van der Waals surface area contributed by atoms with Gasteiger partial charge in [-0.25, -0.2) is 22.9 Å². The predicted molar refractivity (Wildman–Crippen MR) is 144 cm³/mol. The number of nitrogens with one attached hydrogen (secondary N) is 1. The van der Waals surface area contributed by atoms with Crippen molar-refractivity contribution in [3.05, 3.63) is 53.1 Å². The van der Waals surface area contributed by atoms with Gasteiger partial charge in [0.2, 0.25) is 6.79 Å². The summed E-state index contributed by atoms with van der Waals surface area (Å²) in [7, 11) is 1.34. The summed E-state index contributed by atoms with van der Waals surface area (Å²) in [5, 5.41) is 2.52. The van der Waals surface area contributed by atoms with Crippen molar-refractivity contribution in [2.45, 2.75) is 52.4 Å². The van der Waals surface area contributed by atoms with E-state index < -0.39 is 66.3 Å². The molecule has 43 heavy (non-hydrogen) atoms. The molecule has 14 heteroatoms. The summed E-state index contributed by atoms with van der Waals surface area (Å²) < 4.78 is 74.4. The summed E-state index contributed by atoms with van der Waals surface area (Å²) in [6, 6.07) is 1.92. The summed E-state index contributed by atoms with van der Waals surface area (Å²) in [5.41, 5.74) is -0.0974. The standard InChI is InChI=1S/C29H35F3N2O9/c1-15(2)11-40-26-16(3)43-29(37)22(13-39-12-19(26)8-18-9-20(30)24(32)21(31)10-18)34-28(36)25-27(42-14-41-17(4)35)23(38-5)6-7-33-25/h6-7,9-10,15-16,19,22,26H,8,11-14H2,1-5H3,(H,34,36). The second-order valence-corrected chi connectivity index (χ2v) is 10.3. The molecule has 4 atom stereocenters. The second-order valence-electron chi connectivity index (χ2n) is 10.3. The Kier molecular flexibility index (Phi) is 12.1. The van der Waals surface area contributed by atoms with Gasteiger partial charge in [-0.15, -0.1) is 0 Å². The number of hydrogen-bond donors (Lipinski definition) is 1. The molecular formula is C29H35F3N2O9. The summed E-state index contributed by atoms with van der Waals surface area (Å²) >= 11 is 0. The third kappa shape index (κ3) is 9.29. The first-order chi connectivity index (χ1) is 20.4. The van der Waals surface area contributed by atoms with Gasteiger partial charge in [0.15, 0.2) is 40.7 Å². The molecule has 0 aliphatic carbocycles. The van der Waals surface area contributed by atoms with E-state index in [2.05, 4.69) is 10.3 Å². The van der Waals surface area contributed by atoms with Crippen LogP contribution in [0.3, 0.4) is 0 Å². The van der Waals surface area contributed by atoms with E-state index in [4.69, 9.17) is 28.4 Å². The number of carbonyl (C=O) groups is 3. The van der Waals surface area contributed by atoms with Crippen LogP contribution >= 0.6 is 0 Å². The first-order valence-corrected chi connectivity index (χ1v) is 13.5. The number of hydrogen-bond acceptors (Lipinski definition) is 10. The Labute approximate surface area is 246 Å². The van der Waals surface area contributed by atoms with Gasteiger partial charge in [0, 0.05) is 31.7 Å². The van der Waals surface area contributed by atoms with Gasteiger partial charge in [0.25, 0.3) is 5.91 Å². The van der Waals surface area contributed by atoms with Crippen LogP contribution in [0.5, 0.6) is 11.5 Å². The fourth-order valence-corrected chi connectivity index (χ4v) is 4.39. The zero-order valence-corrected chi connectivity index (χ0v) is 24.5. The van der Waals surface area contributed by atoms with E-state index in [0.29, 0.717) is 0 Å². The van der Waals surface area contributed by atoms with E-state index >= 15 is 0 Å². The summed E-state index contributed by atoms with van der Waals surface area (Å²) in [6.45, 7) is 6.00. The zero-order valence-electron chi connectivity index (χ0n) is 24.5. The molecule has 1 fully saturated rings. The molecule has 236 valence electrons. The van der Waals surface area contributed by atoms with E-state index in [-0.39, 0.29) is 54.9 Å². The quantitative estimate of drug-likeness (QED) is 0.229. The minimum absolute atomic E-state index is 0.0204. The van der Waals surface area contributed by atoms with Crippen LogP contribution in [0.1, 0.15) is 43.7 Å². The van der Waals surface area contributed by atoms with Crippen molar-refractivity contribution in [1.82, 2.24) is 10.3 Å². The van der Waals surface area contributed by atoms with Gasteiger partial charge in [0.05, 0.1) is 26.4 Å². The molecular weight excluding hydrogens is 577 g/mol. The molecule has 0 saturated carbocycles. The number of aromatic nitrogens is 1. The lowest BCUT2D eigenvalue weighted by molar-refractivity contribution is -0.161. The van der Waals surface area contributed by atoms with Crippen molar-refractivity contribution in [1.29, 1.82) is 0 Å². The van der Waals surface area contributed by atoms with Crippen molar-refractivity contribution in [3.8, 4) is 11.5 Å². The highest BCUT2D eigenvalue weighted by Gasteiger charge is 2.36. The van der Waals surface area contributed by atoms with Gasteiger partial charge in [-0.05, 0) is 37.0 Å². The van der Waals surface area contributed by atoms with Crippen molar-refractivity contribution < 1.29 is 56.0 Å². The topological polar surface area (TPSA) is 132 Å². The normalized spacial score (nSPS) is 20.8. The first kappa shape index (κ1) is 33.6. The average molecular weight is 613 g/mol. The lowest BCUT2D eigenvalue weighted by atomic mass is 9.91. The van der Waals surface area contributed by atoms with E-state index in [0.717, 1.165) is 12.1 Å². The van der Waals surface area contributed by atoms with Gasteiger partial charge in [-0.1, -0.05) is 13.8 Å².